The maximum atomic E-state index is 13.7. The Hall–Kier alpha value is -3.20. The Morgan fingerprint density at radius 1 is 1.14 bits per heavy atom. The Bertz CT molecular complexity index is 1110. The number of nitrogens with zero attached hydrogens (tertiary/aromatic N) is 1. The average Bonchev–Trinajstić information content (AvgIpc) is 2.65. The molecule has 3 rings (SSSR count). The third-order valence-corrected chi connectivity index (χ3v) is 4.09. The molecule has 1 heterocycles. The molecule has 0 aliphatic heterocycles. The number of rotatable bonds is 5. The predicted molar refractivity (Wildman–Crippen MR) is 99.6 cm³/mol. The van der Waals surface area contributed by atoms with Crippen LogP contribution >= 0.6 is 0 Å². The normalized spacial score (nSPS) is 11.8. The highest BCUT2D eigenvalue weighted by Crippen LogP contribution is 2.40. The number of hydrogen-bond donors (Lipinski definition) is 1. The van der Waals surface area contributed by atoms with Crippen molar-refractivity contribution in [2.45, 2.75) is 12.7 Å². The van der Waals surface area contributed by atoms with E-state index in [1.165, 1.54) is 37.4 Å². The van der Waals surface area contributed by atoms with Crippen molar-refractivity contribution < 1.29 is 32.2 Å². The second kappa shape index (κ2) is 7.67. The van der Waals surface area contributed by atoms with E-state index < -0.39 is 23.1 Å². The van der Waals surface area contributed by atoms with Gasteiger partial charge in [0, 0.05) is 12.6 Å². The van der Waals surface area contributed by atoms with Crippen LogP contribution in [0.5, 0.6) is 23.0 Å². The SMILES string of the molecule is COc1cccc(Oc2c(C(F)(F)F)oc3c(CN(C)C)c(O)ccc3c2=O)c1. The topological polar surface area (TPSA) is 72.1 Å². The first-order valence-electron chi connectivity index (χ1n) is 8.47. The number of benzene rings is 2. The monoisotopic (exact) mass is 409 g/mol. The third-order valence-electron chi connectivity index (χ3n) is 4.09. The lowest BCUT2D eigenvalue weighted by Crippen LogP contribution is -2.17. The number of halogens is 3. The summed E-state index contributed by atoms with van der Waals surface area (Å²) >= 11 is 0. The smallest absolute Gasteiger partial charge is 0.453 e. The molecular weight excluding hydrogens is 391 g/mol. The van der Waals surface area contributed by atoms with Gasteiger partial charge in [0.05, 0.1) is 18.1 Å². The fourth-order valence-electron chi connectivity index (χ4n) is 2.82. The molecule has 2 aromatic carbocycles. The summed E-state index contributed by atoms with van der Waals surface area (Å²) in [4.78, 5) is 14.5. The van der Waals surface area contributed by atoms with E-state index in [4.69, 9.17) is 13.9 Å². The van der Waals surface area contributed by atoms with Crippen molar-refractivity contribution in [3.05, 3.63) is 57.9 Å². The quantitative estimate of drug-likeness (QED) is 0.674. The molecule has 0 spiro atoms. The lowest BCUT2D eigenvalue weighted by Gasteiger charge is -2.17. The van der Waals surface area contributed by atoms with Crippen LogP contribution in [-0.2, 0) is 12.7 Å². The molecule has 0 unspecified atom stereocenters. The van der Waals surface area contributed by atoms with E-state index in [1.807, 2.05) is 0 Å². The number of phenolic OH excluding ortho intramolecular Hbond substituents is 1. The number of alkyl halides is 3. The molecule has 0 radical (unpaired) electrons. The fourth-order valence-corrected chi connectivity index (χ4v) is 2.82. The van der Waals surface area contributed by atoms with Gasteiger partial charge in [-0.15, -0.1) is 0 Å². The van der Waals surface area contributed by atoms with Crippen LogP contribution in [0.1, 0.15) is 11.3 Å². The Labute approximate surface area is 163 Å². The summed E-state index contributed by atoms with van der Waals surface area (Å²) in [7, 11) is 4.73. The van der Waals surface area contributed by atoms with Crippen molar-refractivity contribution in [1.82, 2.24) is 4.90 Å². The molecule has 0 bridgehead atoms. The van der Waals surface area contributed by atoms with Gasteiger partial charge < -0.3 is 23.9 Å². The van der Waals surface area contributed by atoms with Crippen LogP contribution in [-0.4, -0.2) is 31.2 Å². The van der Waals surface area contributed by atoms with E-state index in [-0.39, 0.29) is 34.6 Å². The van der Waals surface area contributed by atoms with Crippen molar-refractivity contribution >= 4 is 11.0 Å². The van der Waals surface area contributed by atoms with Gasteiger partial charge in [-0.3, -0.25) is 4.79 Å². The van der Waals surface area contributed by atoms with Crippen LogP contribution in [0.15, 0.2) is 45.6 Å². The van der Waals surface area contributed by atoms with Crippen molar-refractivity contribution in [3.8, 4) is 23.0 Å². The lowest BCUT2D eigenvalue weighted by atomic mass is 10.1. The minimum absolute atomic E-state index is 0.0196. The van der Waals surface area contributed by atoms with Gasteiger partial charge >= 0.3 is 6.18 Å². The first-order chi connectivity index (χ1) is 13.6. The van der Waals surface area contributed by atoms with Crippen LogP contribution in [0, 0.1) is 0 Å². The minimum atomic E-state index is -5.00. The molecule has 0 aliphatic rings. The highest BCUT2D eigenvalue weighted by molar-refractivity contribution is 5.83. The summed E-state index contributed by atoms with van der Waals surface area (Å²) in [5.74, 6) is -2.51. The molecule has 29 heavy (non-hydrogen) atoms. The minimum Gasteiger partial charge on any atom is -0.507 e. The van der Waals surface area contributed by atoms with Crippen molar-refractivity contribution in [1.29, 1.82) is 0 Å². The molecule has 154 valence electrons. The van der Waals surface area contributed by atoms with Crippen LogP contribution in [0.4, 0.5) is 13.2 Å². The molecule has 0 atom stereocenters. The number of phenols is 1. The van der Waals surface area contributed by atoms with Crippen molar-refractivity contribution in [2.75, 3.05) is 21.2 Å². The maximum absolute atomic E-state index is 13.7. The zero-order valence-corrected chi connectivity index (χ0v) is 15.8. The molecule has 0 amide bonds. The molecule has 9 heteroatoms. The summed E-state index contributed by atoms with van der Waals surface area (Å²) in [5, 5.41) is 9.96. The number of fused-ring (bicyclic) bond motifs is 1. The van der Waals surface area contributed by atoms with Crippen molar-refractivity contribution in [2.24, 2.45) is 0 Å². The number of ether oxygens (including phenoxy) is 2. The number of methoxy groups -OCH3 is 1. The summed E-state index contributed by atoms with van der Waals surface area (Å²) in [6, 6.07) is 8.27. The van der Waals surface area contributed by atoms with E-state index >= 15 is 0 Å². The molecule has 6 nitrogen and oxygen atoms in total. The second-order valence-electron chi connectivity index (χ2n) is 6.55. The van der Waals surface area contributed by atoms with Gasteiger partial charge in [-0.05, 0) is 38.4 Å². The van der Waals surface area contributed by atoms with Crippen LogP contribution in [0.25, 0.3) is 11.0 Å². The maximum Gasteiger partial charge on any atom is 0.453 e. The van der Waals surface area contributed by atoms with Crippen LogP contribution in [0.3, 0.4) is 0 Å². The molecule has 0 saturated carbocycles. The van der Waals surface area contributed by atoms with E-state index in [0.717, 1.165) is 0 Å². The second-order valence-corrected chi connectivity index (χ2v) is 6.55. The van der Waals surface area contributed by atoms with Crippen LogP contribution in [0.2, 0.25) is 0 Å². The zero-order chi connectivity index (χ0) is 21.3. The number of aromatic hydroxyl groups is 1. The van der Waals surface area contributed by atoms with Crippen LogP contribution < -0.4 is 14.9 Å². The van der Waals surface area contributed by atoms with E-state index in [9.17, 15) is 23.1 Å². The first kappa shape index (κ1) is 20.5. The standard InChI is InChI=1S/C20H18F3NO5/c1-24(2)10-14-15(25)8-7-13-16(26)18(19(20(21,22)23)29-17(13)14)28-12-6-4-5-11(9-12)27-3/h4-9,25H,10H2,1-3H3. The molecular formula is C20H18F3NO5. The van der Waals surface area contributed by atoms with Gasteiger partial charge in [-0.2, -0.15) is 13.2 Å². The zero-order valence-electron chi connectivity index (χ0n) is 15.8. The predicted octanol–water partition coefficient (Wildman–Crippen LogP) is 4.38. The highest BCUT2D eigenvalue weighted by Gasteiger charge is 2.41. The van der Waals surface area contributed by atoms with E-state index in [2.05, 4.69) is 0 Å². The number of hydrogen-bond acceptors (Lipinski definition) is 6. The third kappa shape index (κ3) is 4.14. The average molecular weight is 409 g/mol. The van der Waals surface area contributed by atoms with E-state index in [0.29, 0.717) is 5.75 Å². The molecule has 0 saturated heterocycles. The molecule has 0 aliphatic carbocycles. The fraction of sp³-hybridized carbons (Fsp3) is 0.250. The van der Waals surface area contributed by atoms with Gasteiger partial charge in [0.1, 0.15) is 22.8 Å². The summed E-state index contributed by atoms with van der Waals surface area (Å²) in [6.07, 6.45) is -5.00. The molecule has 1 aromatic heterocycles. The van der Waals surface area contributed by atoms with Gasteiger partial charge in [-0.1, -0.05) is 6.07 Å². The van der Waals surface area contributed by atoms with Gasteiger partial charge in [-0.25, -0.2) is 0 Å². The molecule has 1 N–H and O–H groups in total. The highest BCUT2D eigenvalue weighted by atomic mass is 19.4. The lowest BCUT2D eigenvalue weighted by molar-refractivity contribution is -0.154. The Morgan fingerprint density at radius 2 is 1.83 bits per heavy atom. The summed E-state index contributed by atoms with van der Waals surface area (Å²) in [6.45, 7) is 0.0689. The summed E-state index contributed by atoms with van der Waals surface area (Å²) in [5.41, 5.74) is -1.27. The Kier molecular flexibility index (Phi) is 5.43. The van der Waals surface area contributed by atoms with Gasteiger partial charge in [0.25, 0.3) is 5.76 Å². The molecule has 0 fully saturated rings. The van der Waals surface area contributed by atoms with Crippen molar-refractivity contribution in [3.63, 3.8) is 0 Å². The first-order valence-corrected chi connectivity index (χ1v) is 8.47. The van der Waals surface area contributed by atoms with E-state index in [1.54, 1.807) is 25.1 Å². The Morgan fingerprint density at radius 3 is 2.45 bits per heavy atom. The summed E-state index contributed by atoms with van der Waals surface area (Å²) < 4.78 is 56.5. The van der Waals surface area contributed by atoms with Gasteiger partial charge in [0.15, 0.2) is 0 Å². The van der Waals surface area contributed by atoms with Gasteiger partial charge in [0.2, 0.25) is 11.2 Å². The Balaban J connectivity index is 2.28. The molecule has 3 aromatic rings. The largest absolute Gasteiger partial charge is 0.507 e.